The predicted molar refractivity (Wildman–Crippen MR) is 47.7 cm³/mol. The number of hydrogen-bond donors (Lipinski definition) is 1. The van der Waals surface area contributed by atoms with Crippen LogP contribution in [0.5, 0.6) is 0 Å². The lowest BCUT2D eigenvalue weighted by Crippen LogP contribution is -2.38. The van der Waals surface area contributed by atoms with Gasteiger partial charge < -0.3 is 5.73 Å². The summed E-state index contributed by atoms with van der Waals surface area (Å²) in [6.07, 6.45) is 7.24. The molecular weight excluding hydrogens is 143 g/mol. The van der Waals surface area contributed by atoms with Crippen molar-refractivity contribution in [2.75, 3.05) is 19.4 Å². The minimum atomic E-state index is 0.456. The van der Waals surface area contributed by atoms with Gasteiger partial charge in [-0.1, -0.05) is 14.5 Å². The van der Waals surface area contributed by atoms with Crippen molar-refractivity contribution in [3.8, 4) is 0 Å². The van der Waals surface area contributed by atoms with Crippen LogP contribution < -0.4 is 5.73 Å². The summed E-state index contributed by atoms with van der Waals surface area (Å²) in [6.45, 7) is 2.34. The molecule has 2 nitrogen and oxygen atoms in total. The maximum Gasteiger partial charge on any atom is 0.0399 e. The molecule has 1 heterocycles. The molecule has 1 aliphatic heterocycles. The molecule has 0 aromatic heterocycles. The average Bonchev–Trinajstić information content (AvgIpc) is 1.95. The third-order valence-corrected chi connectivity index (χ3v) is 2.53. The van der Waals surface area contributed by atoms with Gasteiger partial charge in [-0.15, -0.1) is 0 Å². The van der Waals surface area contributed by atoms with Gasteiger partial charge in [-0.25, -0.2) is 0 Å². The molecule has 0 aliphatic carbocycles. The molecule has 3 heteroatoms. The average molecular weight is 158 g/mol. The second-order valence-electron chi connectivity index (χ2n) is 2.82. The first-order valence-electron chi connectivity index (χ1n) is 3.73. The van der Waals surface area contributed by atoms with Crippen molar-refractivity contribution in [3.05, 3.63) is 0 Å². The Balaban J connectivity index is 2.19. The molecule has 0 aromatic carbocycles. The maximum atomic E-state index is 5.75. The van der Waals surface area contributed by atoms with Gasteiger partial charge in [-0.05, 0) is 12.8 Å². The SMILES string of the molecule is C=PCN1CCC(N)CC1. The number of rotatable bonds is 2. The second kappa shape index (κ2) is 4.07. The van der Waals surface area contributed by atoms with Gasteiger partial charge in [-0.2, -0.15) is 0 Å². The van der Waals surface area contributed by atoms with Crippen LogP contribution in [0, 0.1) is 0 Å². The first-order valence-corrected chi connectivity index (χ1v) is 5.00. The zero-order chi connectivity index (χ0) is 7.40. The van der Waals surface area contributed by atoms with E-state index in [2.05, 4.69) is 11.2 Å². The summed E-state index contributed by atoms with van der Waals surface area (Å²) in [6, 6.07) is 0.456. The Hall–Kier alpha value is 0.0900. The van der Waals surface area contributed by atoms with E-state index in [1.54, 1.807) is 0 Å². The van der Waals surface area contributed by atoms with Gasteiger partial charge in [-0.3, -0.25) is 4.90 Å². The topological polar surface area (TPSA) is 29.3 Å². The van der Waals surface area contributed by atoms with E-state index in [4.69, 9.17) is 5.73 Å². The molecule has 1 aliphatic rings. The van der Waals surface area contributed by atoms with Gasteiger partial charge in [0.25, 0.3) is 0 Å². The third kappa shape index (κ3) is 2.37. The fourth-order valence-electron chi connectivity index (χ4n) is 1.24. The Labute approximate surface area is 64.2 Å². The van der Waals surface area contributed by atoms with Crippen LogP contribution in [0.4, 0.5) is 0 Å². The van der Waals surface area contributed by atoms with Gasteiger partial charge in [0, 0.05) is 25.4 Å². The minimum Gasteiger partial charge on any atom is -0.328 e. The number of hydrogen-bond acceptors (Lipinski definition) is 2. The Kier molecular flexibility index (Phi) is 3.33. The van der Waals surface area contributed by atoms with E-state index < -0.39 is 0 Å². The van der Waals surface area contributed by atoms with Gasteiger partial charge in [0.1, 0.15) is 0 Å². The molecule has 58 valence electrons. The van der Waals surface area contributed by atoms with Crippen LogP contribution in [0.25, 0.3) is 0 Å². The number of nitrogens with zero attached hydrogens (tertiary/aromatic N) is 1. The van der Waals surface area contributed by atoms with Crippen LogP contribution in [0.15, 0.2) is 0 Å². The van der Waals surface area contributed by atoms with Crippen LogP contribution in [-0.2, 0) is 0 Å². The molecule has 1 fully saturated rings. The molecule has 1 rings (SSSR count). The van der Waals surface area contributed by atoms with E-state index in [9.17, 15) is 0 Å². The Morgan fingerprint density at radius 2 is 2.10 bits per heavy atom. The zero-order valence-corrected chi connectivity index (χ0v) is 7.19. The molecule has 0 spiro atoms. The van der Waals surface area contributed by atoms with E-state index >= 15 is 0 Å². The highest BCUT2D eigenvalue weighted by Crippen LogP contribution is 2.09. The van der Waals surface area contributed by atoms with Crippen molar-refractivity contribution >= 4 is 14.5 Å². The smallest absolute Gasteiger partial charge is 0.0399 e. The molecule has 10 heavy (non-hydrogen) atoms. The van der Waals surface area contributed by atoms with Gasteiger partial charge in [0.15, 0.2) is 0 Å². The predicted octanol–water partition coefficient (Wildman–Crippen LogP) is 0.745. The summed E-state index contributed by atoms with van der Waals surface area (Å²) in [5.74, 6) is 0. The van der Waals surface area contributed by atoms with Crippen LogP contribution in [0.3, 0.4) is 0 Å². The van der Waals surface area contributed by atoms with Crippen molar-refractivity contribution in [1.29, 1.82) is 0 Å². The fourth-order valence-corrected chi connectivity index (χ4v) is 1.80. The highest BCUT2D eigenvalue weighted by molar-refractivity contribution is 7.36. The number of nitrogens with two attached hydrogens (primary N) is 1. The van der Waals surface area contributed by atoms with Gasteiger partial charge >= 0.3 is 0 Å². The largest absolute Gasteiger partial charge is 0.328 e. The molecular formula is C7H15N2P. The Bertz CT molecular complexity index is 108. The van der Waals surface area contributed by atoms with Crippen molar-refractivity contribution in [3.63, 3.8) is 0 Å². The van der Waals surface area contributed by atoms with E-state index in [1.165, 1.54) is 21.3 Å². The van der Waals surface area contributed by atoms with E-state index in [1.807, 2.05) is 0 Å². The second-order valence-corrected chi connectivity index (χ2v) is 3.55. The molecule has 2 N–H and O–H groups in total. The maximum absolute atomic E-state index is 5.75. The van der Waals surface area contributed by atoms with Crippen molar-refractivity contribution in [2.45, 2.75) is 18.9 Å². The monoisotopic (exact) mass is 158 g/mol. The molecule has 0 saturated carbocycles. The molecule has 0 aromatic rings. The number of likely N-dealkylation sites (tertiary alicyclic amines) is 1. The van der Waals surface area contributed by atoms with Crippen LogP contribution in [0.1, 0.15) is 12.8 Å². The quantitative estimate of drug-likeness (QED) is 0.601. The van der Waals surface area contributed by atoms with Crippen molar-refractivity contribution in [2.24, 2.45) is 5.73 Å². The summed E-state index contributed by atoms with van der Waals surface area (Å²) in [7, 11) is 1.23. The molecule has 0 atom stereocenters. The first-order chi connectivity index (χ1) is 4.83. The molecule has 1 saturated heterocycles. The highest BCUT2D eigenvalue weighted by Gasteiger charge is 2.13. The van der Waals surface area contributed by atoms with E-state index in [0.717, 1.165) is 19.1 Å². The summed E-state index contributed by atoms with van der Waals surface area (Å²) in [5.41, 5.74) is 5.75. The first kappa shape index (κ1) is 8.19. The lowest BCUT2D eigenvalue weighted by Gasteiger charge is -2.28. The Morgan fingerprint density at radius 1 is 1.50 bits per heavy atom. The zero-order valence-electron chi connectivity index (χ0n) is 6.29. The molecule has 0 radical (unpaired) electrons. The molecule has 0 amide bonds. The summed E-state index contributed by atoms with van der Waals surface area (Å²) in [4.78, 5) is 2.43. The van der Waals surface area contributed by atoms with Gasteiger partial charge in [0.2, 0.25) is 0 Å². The summed E-state index contributed by atoms with van der Waals surface area (Å²) < 4.78 is 0. The number of piperidine rings is 1. The van der Waals surface area contributed by atoms with E-state index in [0.29, 0.717) is 6.04 Å². The van der Waals surface area contributed by atoms with Crippen molar-refractivity contribution in [1.82, 2.24) is 4.90 Å². The van der Waals surface area contributed by atoms with Crippen LogP contribution >= 0.6 is 8.20 Å². The van der Waals surface area contributed by atoms with Crippen molar-refractivity contribution < 1.29 is 0 Å². The summed E-state index contributed by atoms with van der Waals surface area (Å²) in [5, 5.41) is 0. The lowest BCUT2D eigenvalue weighted by atomic mass is 10.1. The van der Waals surface area contributed by atoms with Crippen LogP contribution in [0.2, 0.25) is 0 Å². The minimum absolute atomic E-state index is 0.456. The standard InChI is InChI=1S/C7H15N2P/c1-10-6-9-4-2-7(8)3-5-9/h7H,1-6,8H2. The lowest BCUT2D eigenvalue weighted by molar-refractivity contribution is 0.246. The summed E-state index contributed by atoms with van der Waals surface area (Å²) >= 11 is 0. The molecule has 0 bridgehead atoms. The Morgan fingerprint density at radius 3 is 2.60 bits per heavy atom. The third-order valence-electron chi connectivity index (χ3n) is 1.93. The molecule has 0 unspecified atom stereocenters. The van der Waals surface area contributed by atoms with Gasteiger partial charge in [0.05, 0.1) is 0 Å². The fraction of sp³-hybridized carbons (Fsp3) is 0.857. The highest BCUT2D eigenvalue weighted by atomic mass is 31.1. The normalized spacial score (nSPS) is 23.7. The van der Waals surface area contributed by atoms with E-state index in [-0.39, 0.29) is 0 Å². The van der Waals surface area contributed by atoms with Crippen LogP contribution in [-0.4, -0.2) is 36.6 Å².